The first-order chi connectivity index (χ1) is 11.5. The molecule has 1 fully saturated rings. The number of nitrogens with zero attached hydrogens (tertiary/aromatic N) is 1. The third-order valence-electron chi connectivity index (χ3n) is 4.35. The van der Waals surface area contributed by atoms with Crippen LogP contribution in [0.4, 0.5) is 0 Å². The summed E-state index contributed by atoms with van der Waals surface area (Å²) in [6, 6.07) is 7.78. The van der Waals surface area contributed by atoms with Crippen LogP contribution in [0.2, 0.25) is 0 Å². The zero-order chi connectivity index (χ0) is 17.5. The maximum absolute atomic E-state index is 12.4. The van der Waals surface area contributed by atoms with E-state index in [9.17, 15) is 9.59 Å². The van der Waals surface area contributed by atoms with E-state index >= 15 is 0 Å². The van der Waals surface area contributed by atoms with Crippen LogP contribution in [0.5, 0.6) is 5.75 Å². The van der Waals surface area contributed by atoms with Gasteiger partial charge in [-0.3, -0.25) is 9.59 Å². The van der Waals surface area contributed by atoms with E-state index in [2.05, 4.69) is 19.2 Å². The molecule has 1 aliphatic rings. The molecule has 0 bridgehead atoms. The number of likely N-dealkylation sites (tertiary alicyclic amines) is 1. The predicted molar refractivity (Wildman–Crippen MR) is 94.1 cm³/mol. The van der Waals surface area contributed by atoms with Crippen molar-refractivity contribution in [3.05, 3.63) is 29.8 Å². The largest absolute Gasteiger partial charge is 0.480 e. The molecule has 0 aliphatic carbocycles. The molecular weight excluding hydrogens is 304 g/mol. The van der Waals surface area contributed by atoms with Gasteiger partial charge in [0.15, 0.2) is 6.10 Å². The number of ether oxygens (including phenoxy) is 1. The lowest BCUT2D eigenvalue weighted by molar-refractivity contribution is -0.134. The van der Waals surface area contributed by atoms with Crippen molar-refractivity contribution >= 4 is 11.8 Å². The second kappa shape index (κ2) is 8.71. The maximum Gasteiger partial charge on any atom is 0.261 e. The summed E-state index contributed by atoms with van der Waals surface area (Å²) in [6.45, 7) is 7.74. The van der Waals surface area contributed by atoms with Gasteiger partial charge in [-0.25, -0.2) is 0 Å². The standard InChI is InChI=1S/C19H28N2O3/c1-4-16(24-17-10-6-5-9-15(17)14(2)3)19(23)20-13-18(22)21-11-7-8-12-21/h5-6,9-10,14,16H,4,7-8,11-13H2,1-3H3,(H,20,23)/t16-/m0/s1. The molecule has 1 N–H and O–H groups in total. The van der Waals surface area contributed by atoms with Crippen molar-refractivity contribution in [3.8, 4) is 5.75 Å². The Bertz CT molecular complexity index is 565. The van der Waals surface area contributed by atoms with Gasteiger partial charge in [-0.05, 0) is 36.8 Å². The minimum absolute atomic E-state index is 0.0155. The van der Waals surface area contributed by atoms with Gasteiger partial charge in [-0.2, -0.15) is 0 Å². The SMILES string of the molecule is CC[C@H](Oc1ccccc1C(C)C)C(=O)NCC(=O)N1CCCC1. The van der Waals surface area contributed by atoms with Crippen molar-refractivity contribution in [2.75, 3.05) is 19.6 Å². The average molecular weight is 332 g/mol. The molecule has 2 amide bonds. The van der Waals surface area contributed by atoms with Crippen LogP contribution in [0.3, 0.4) is 0 Å². The highest BCUT2D eigenvalue weighted by atomic mass is 16.5. The van der Waals surface area contributed by atoms with Gasteiger partial charge in [-0.15, -0.1) is 0 Å². The highest BCUT2D eigenvalue weighted by Crippen LogP contribution is 2.27. The van der Waals surface area contributed by atoms with Gasteiger partial charge in [0.25, 0.3) is 5.91 Å². The number of benzene rings is 1. The molecule has 132 valence electrons. The number of carbonyl (C=O) groups excluding carboxylic acids is 2. The Labute approximate surface area is 144 Å². The van der Waals surface area contributed by atoms with Crippen LogP contribution in [0.1, 0.15) is 51.5 Å². The second-order valence-electron chi connectivity index (χ2n) is 6.51. The minimum atomic E-state index is -0.587. The molecule has 1 heterocycles. The number of rotatable bonds is 7. The summed E-state index contributed by atoms with van der Waals surface area (Å²) in [6.07, 6.45) is 2.06. The van der Waals surface area contributed by atoms with Gasteiger partial charge in [0, 0.05) is 13.1 Å². The summed E-state index contributed by atoms with van der Waals surface area (Å²) in [7, 11) is 0. The lowest BCUT2D eigenvalue weighted by Crippen LogP contribution is -2.44. The fourth-order valence-electron chi connectivity index (χ4n) is 2.90. The topological polar surface area (TPSA) is 58.6 Å². The highest BCUT2D eigenvalue weighted by molar-refractivity contribution is 5.87. The molecular formula is C19H28N2O3. The molecule has 1 saturated heterocycles. The predicted octanol–water partition coefficient (Wildman–Crippen LogP) is 2.71. The molecule has 2 rings (SSSR count). The molecule has 0 saturated carbocycles. The number of hydrogen-bond donors (Lipinski definition) is 1. The van der Waals surface area contributed by atoms with Gasteiger partial charge < -0.3 is 15.0 Å². The fourth-order valence-corrected chi connectivity index (χ4v) is 2.90. The fraction of sp³-hybridized carbons (Fsp3) is 0.579. The lowest BCUT2D eigenvalue weighted by Gasteiger charge is -2.21. The first kappa shape index (κ1) is 18.3. The zero-order valence-corrected chi connectivity index (χ0v) is 14.9. The number of amides is 2. The first-order valence-electron chi connectivity index (χ1n) is 8.84. The van der Waals surface area contributed by atoms with E-state index in [1.54, 1.807) is 4.90 Å². The summed E-state index contributed by atoms with van der Waals surface area (Å²) in [5, 5.41) is 2.72. The third-order valence-corrected chi connectivity index (χ3v) is 4.35. The van der Waals surface area contributed by atoms with Crippen LogP contribution in [0.25, 0.3) is 0 Å². The van der Waals surface area contributed by atoms with E-state index in [1.165, 1.54) is 0 Å². The number of carbonyl (C=O) groups is 2. The van der Waals surface area contributed by atoms with Crippen LogP contribution < -0.4 is 10.1 Å². The Morgan fingerprint density at radius 3 is 2.50 bits per heavy atom. The van der Waals surface area contributed by atoms with Crippen LogP contribution in [0.15, 0.2) is 24.3 Å². The van der Waals surface area contributed by atoms with Gasteiger partial charge in [-0.1, -0.05) is 39.0 Å². The molecule has 1 aromatic rings. The highest BCUT2D eigenvalue weighted by Gasteiger charge is 2.23. The van der Waals surface area contributed by atoms with Gasteiger partial charge in [0.1, 0.15) is 5.75 Å². The Kier molecular flexibility index (Phi) is 6.64. The van der Waals surface area contributed by atoms with Crippen molar-refractivity contribution < 1.29 is 14.3 Å². The smallest absolute Gasteiger partial charge is 0.261 e. The van der Waals surface area contributed by atoms with Gasteiger partial charge in [0.05, 0.1) is 6.54 Å². The Morgan fingerprint density at radius 1 is 1.21 bits per heavy atom. The second-order valence-corrected chi connectivity index (χ2v) is 6.51. The van der Waals surface area contributed by atoms with Crippen LogP contribution >= 0.6 is 0 Å². The van der Waals surface area contributed by atoms with E-state index < -0.39 is 6.10 Å². The quantitative estimate of drug-likeness (QED) is 0.835. The van der Waals surface area contributed by atoms with Crippen molar-refractivity contribution in [2.24, 2.45) is 0 Å². The first-order valence-corrected chi connectivity index (χ1v) is 8.84. The summed E-state index contributed by atoms with van der Waals surface area (Å²) >= 11 is 0. The zero-order valence-electron chi connectivity index (χ0n) is 14.9. The number of hydrogen-bond acceptors (Lipinski definition) is 3. The van der Waals surface area contributed by atoms with Crippen LogP contribution in [0, 0.1) is 0 Å². The molecule has 5 nitrogen and oxygen atoms in total. The summed E-state index contributed by atoms with van der Waals surface area (Å²) in [5.74, 6) is 0.806. The lowest BCUT2D eigenvalue weighted by atomic mass is 10.0. The molecule has 0 spiro atoms. The van der Waals surface area contributed by atoms with E-state index in [-0.39, 0.29) is 18.4 Å². The van der Waals surface area contributed by atoms with Gasteiger partial charge in [0.2, 0.25) is 5.91 Å². The molecule has 0 aromatic heterocycles. The minimum Gasteiger partial charge on any atom is -0.480 e. The molecule has 0 unspecified atom stereocenters. The van der Waals surface area contributed by atoms with E-state index in [1.807, 2.05) is 31.2 Å². The van der Waals surface area contributed by atoms with E-state index in [0.29, 0.717) is 12.3 Å². The third kappa shape index (κ3) is 4.73. The van der Waals surface area contributed by atoms with Crippen LogP contribution in [-0.2, 0) is 9.59 Å². The molecule has 24 heavy (non-hydrogen) atoms. The van der Waals surface area contributed by atoms with Gasteiger partial charge >= 0.3 is 0 Å². The Hall–Kier alpha value is -2.04. The molecule has 0 radical (unpaired) electrons. The van der Waals surface area contributed by atoms with E-state index in [4.69, 9.17) is 4.74 Å². The molecule has 1 aliphatic heterocycles. The summed E-state index contributed by atoms with van der Waals surface area (Å²) < 4.78 is 5.94. The Morgan fingerprint density at radius 2 is 1.88 bits per heavy atom. The van der Waals surface area contributed by atoms with Crippen molar-refractivity contribution in [2.45, 2.75) is 52.1 Å². The number of nitrogens with one attached hydrogen (secondary N) is 1. The number of para-hydroxylation sites is 1. The molecule has 5 heteroatoms. The maximum atomic E-state index is 12.4. The average Bonchev–Trinajstić information content (AvgIpc) is 3.12. The normalized spacial score (nSPS) is 15.4. The summed E-state index contributed by atoms with van der Waals surface area (Å²) in [5.41, 5.74) is 1.08. The van der Waals surface area contributed by atoms with Crippen molar-refractivity contribution in [1.29, 1.82) is 0 Å². The molecule has 1 aromatic carbocycles. The Balaban J connectivity index is 1.93. The van der Waals surface area contributed by atoms with Crippen molar-refractivity contribution in [3.63, 3.8) is 0 Å². The summed E-state index contributed by atoms with van der Waals surface area (Å²) in [4.78, 5) is 26.2. The van der Waals surface area contributed by atoms with Crippen LogP contribution in [-0.4, -0.2) is 42.5 Å². The van der Waals surface area contributed by atoms with Crippen molar-refractivity contribution in [1.82, 2.24) is 10.2 Å². The van der Waals surface area contributed by atoms with E-state index in [0.717, 1.165) is 37.2 Å². The monoisotopic (exact) mass is 332 g/mol. The molecule has 1 atom stereocenters.